The molecule has 13 heavy (non-hydrogen) atoms. The van der Waals surface area contributed by atoms with Crippen LogP contribution in [-0.2, 0) is 0 Å². The number of hydrogen-bond donors (Lipinski definition) is 0. The summed E-state index contributed by atoms with van der Waals surface area (Å²) in [5.74, 6) is 0. The van der Waals surface area contributed by atoms with Crippen LogP contribution in [0.4, 0.5) is 0 Å². The fourth-order valence-electron chi connectivity index (χ4n) is 1.54. The highest BCUT2D eigenvalue weighted by Gasteiger charge is 2.04. The average molecular weight is 168 g/mol. The van der Waals surface area contributed by atoms with Crippen LogP contribution >= 0.6 is 0 Å². The summed E-state index contributed by atoms with van der Waals surface area (Å²) < 4.78 is 0. The number of rotatable bonds is 1. The Balaban J connectivity index is 2.37. The molecule has 0 N–H and O–H groups in total. The van der Waals surface area contributed by atoms with Gasteiger partial charge in [-0.1, -0.05) is 55.1 Å². The van der Waals surface area contributed by atoms with E-state index in [2.05, 4.69) is 49.1 Å². The molecule has 0 aromatic heterocycles. The van der Waals surface area contributed by atoms with Gasteiger partial charge in [0.25, 0.3) is 0 Å². The Morgan fingerprint density at radius 3 is 2.54 bits per heavy atom. The minimum absolute atomic E-state index is 1.02. The quantitative estimate of drug-likeness (QED) is 0.601. The van der Waals surface area contributed by atoms with Crippen LogP contribution in [-0.4, -0.2) is 0 Å². The molecule has 0 atom stereocenters. The van der Waals surface area contributed by atoms with Gasteiger partial charge in [0.2, 0.25) is 0 Å². The summed E-state index contributed by atoms with van der Waals surface area (Å²) in [5.41, 5.74) is 3.64. The number of allylic oxidation sites excluding steroid dienone is 5. The lowest BCUT2D eigenvalue weighted by molar-refractivity contribution is 1.35. The molecule has 0 fully saturated rings. The summed E-state index contributed by atoms with van der Waals surface area (Å²) in [6.45, 7) is 4.02. The van der Waals surface area contributed by atoms with E-state index in [0.29, 0.717) is 0 Å². The predicted octanol–water partition coefficient (Wildman–Crippen LogP) is 3.59. The van der Waals surface area contributed by atoms with Crippen LogP contribution in [0.3, 0.4) is 0 Å². The summed E-state index contributed by atoms with van der Waals surface area (Å²) in [5, 5.41) is 0. The van der Waals surface area contributed by atoms with Crippen LogP contribution in [0.15, 0.2) is 60.7 Å². The highest BCUT2D eigenvalue weighted by molar-refractivity contribution is 5.82. The topological polar surface area (TPSA) is 0 Å². The van der Waals surface area contributed by atoms with Gasteiger partial charge >= 0.3 is 0 Å². The van der Waals surface area contributed by atoms with Gasteiger partial charge in [0, 0.05) is 0 Å². The van der Waals surface area contributed by atoms with Crippen LogP contribution in [0.5, 0.6) is 0 Å². The van der Waals surface area contributed by atoms with E-state index in [1.807, 2.05) is 6.07 Å². The zero-order valence-electron chi connectivity index (χ0n) is 7.53. The molecule has 1 aromatic rings. The monoisotopic (exact) mass is 168 g/mol. The highest BCUT2D eigenvalue weighted by atomic mass is 14.1. The van der Waals surface area contributed by atoms with Gasteiger partial charge in [-0.2, -0.15) is 0 Å². The van der Waals surface area contributed by atoms with Gasteiger partial charge in [-0.15, -0.1) is 0 Å². The summed E-state index contributed by atoms with van der Waals surface area (Å²) in [4.78, 5) is 0. The maximum Gasteiger partial charge on any atom is -0.0154 e. The molecule has 2 rings (SSSR count). The minimum Gasteiger partial charge on any atom is -0.0912 e. The van der Waals surface area contributed by atoms with Crippen molar-refractivity contribution in [2.24, 2.45) is 0 Å². The Bertz CT molecular complexity index is 366. The zero-order valence-corrected chi connectivity index (χ0v) is 7.53. The van der Waals surface area contributed by atoms with E-state index < -0.39 is 0 Å². The van der Waals surface area contributed by atoms with E-state index >= 15 is 0 Å². The van der Waals surface area contributed by atoms with E-state index in [-0.39, 0.29) is 0 Å². The summed E-state index contributed by atoms with van der Waals surface area (Å²) in [6, 6.07) is 10.4. The third-order valence-corrected chi connectivity index (χ3v) is 2.21. The number of benzene rings is 1. The van der Waals surface area contributed by atoms with Crippen molar-refractivity contribution in [2.75, 3.05) is 0 Å². The Morgan fingerprint density at radius 2 is 1.85 bits per heavy atom. The Kier molecular flexibility index (Phi) is 2.13. The van der Waals surface area contributed by atoms with Crippen molar-refractivity contribution < 1.29 is 0 Å². The second-order valence-corrected chi connectivity index (χ2v) is 3.15. The highest BCUT2D eigenvalue weighted by Crippen LogP contribution is 2.26. The maximum atomic E-state index is 4.02. The van der Waals surface area contributed by atoms with Gasteiger partial charge in [0.15, 0.2) is 0 Å². The fraction of sp³-hybridized carbons (Fsp3) is 0.0769. The van der Waals surface area contributed by atoms with Gasteiger partial charge in [-0.05, 0) is 23.1 Å². The molecule has 0 saturated heterocycles. The Hall–Kier alpha value is -1.56. The van der Waals surface area contributed by atoms with Crippen LogP contribution in [0, 0.1) is 0 Å². The normalized spacial score (nSPS) is 15.7. The lowest BCUT2D eigenvalue weighted by atomic mass is 9.94. The molecule has 0 amide bonds. The second-order valence-electron chi connectivity index (χ2n) is 3.15. The third kappa shape index (κ3) is 1.62. The first-order chi connectivity index (χ1) is 6.38. The molecule has 0 radical (unpaired) electrons. The van der Waals surface area contributed by atoms with Crippen molar-refractivity contribution in [3.05, 3.63) is 66.3 Å². The molecular formula is C13H12. The molecule has 0 nitrogen and oxygen atoms in total. The molecule has 0 saturated carbocycles. The van der Waals surface area contributed by atoms with E-state index in [1.165, 1.54) is 11.1 Å². The van der Waals surface area contributed by atoms with E-state index in [0.717, 1.165) is 12.0 Å². The van der Waals surface area contributed by atoms with Crippen molar-refractivity contribution in [2.45, 2.75) is 6.42 Å². The molecule has 64 valence electrons. The molecule has 1 aromatic carbocycles. The van der Waals surface area contributed by atoms with Crippen LogP contribution < -0.4 is 0 Å². The molecule has 0 aliphatic heterocycles. The summed E-state index contributed by atoms with van der Waals surface area (Å²) in [6.07, 6.45) is 7.46. The smallest absolute Gasteiger partial charge is 0.0154 e. The SMILES string of the molecule is C=C1C=CCC=C1c1ccccc1. The molecule has 1 aliphatic carbocycles. The van der Waals surface area contributed by atoms with E-state index in [4.69, 9.17) is 0 Å². The second kappa shape index (κ2) is 3.44. The molecule has 0 heteroatoms. The largest absolute Gasteiger partial charge is 0.0912 e. The third-order valence-electron chi connectivity index (χ3n) is 2.21. The molecule has 0 heterocycles. The van der Waals surface area contributed by atoms with Crippen LogP contribution in [0.2, 0.25) is 0 Å². The first-order valence-electron chi connectivity index (χ1n) is 4.49. The zero-order chi connectivity index (χ0) is 9.10. The summed E-state index contributed by atoms with van der Waals surface area (Å²) in [7, 11) is 0. The Morgan fingerprint density at radius 1 is 1.08 bits per heavy atom. The standard InChI is InChI=1S/C13H12/c1-11-7-5-6-10-13(11)12-8-3-2-4-9-12/h2-5,7-10H,1,6H2. The fourth-order valence-corrected chi connectivity index (χ4v) is 1.54. The van der Waals surface area contributed by atoms with Crippen molar-refractivity contribution in [3.63, 3.8) is 0 Å². The summed E-state index contributed by atoms with van der Waals surface area (Å²) >= 11 is 0. The van der Waals surface area contributed by atoms with Crippen molar-refractivity contribution in [1.82, 2.24) is 0 Å². The molecular weight excluding hydrogens is 156 g/mol. The molecule has 1 aliphatic rings. The first kappa shape index (κ1) is 8.06. The van der Waals surface area contributed by atoms with Crippen LogP contribution in [0.1, 0.15) is 12.0 Å². The lowest BCUT2D eigenvalue weighted by Crippen LogP contribution is -1.89. The van der Waals surface area contributed by atoms with E-state index in [9.17, 15) is 0 Å². The number of hydrogen-bond acceptors (Lipinski definition) is 0. The maximum absolute atomic E-state index is 4.02. The van der Waals surface area contributed by atoms with Crippen molar-refractivity contribution in [3.8, 4) is 0 Å². The van der Waals surface area contributed by atoms with Gasteiger partial charge in [0.05, 0.1) is 0 Å². The lowest BCUT2D eigenvalue weighted by Gasteiger charge is -2.10. The minimum atomic E-state index is 1.02. The average Bonchev–Trinajstić information content (AvgIpc) is 2.20. The molecule has 0 unspecified atom stereocenters. The van der Waals surface area contributed by atoms with E-state index in [1.54, 1.807) is 0 Å². The van der Waals surface area contributed by atoms with Gasteiger partial charge < -0.3 is 0 Å². The Labute approximate surface area is 78.9 Å². The van der Waals surface area contributed by atoms with Gasteiger partial charge in [-0.25, -0.2) is 0 Å². The van der Waals surface area contributed by atoms with Crippen molar-refractivity contribution >= 4 is 5.57 Å². The van der Waals surface area contributed by atoms with Crippen molar-refractivity contribution in [1.29, 1.82) is 0 Å². The predicted molar refractivity (Wildman–Crippen MR) is 57.3 cm³/mol. The van der Waals surface area contributed by atoms with Gasteiger partial charge in [0.1, 0.15) is 0 Å². The van der Waals surface area contributed by atoms with Crippen LogP contribution in [0.25, 0.3) is 5.57 Å². The molecule has 0 spiro atoms. The van der Waals surface area contributed by atoms with Gasteiger partial charge in [-0.3, -0.25) is 0 Å². The first-order valence-corrected chi connectivity index (χ1v) is 4.49. The molecule has 0 bridgehead atoms.